The van der Waals surface area contributed by atoms with Crippen LogP contribution in [0.5, 0.6) is 0 Å². The second-order valence-corrected chi connectivity index (χ2v) is 5.91. The first kappa shape index (κ1) is 17.8. The zero-order valence-electron chi connectivity index (χ0n) is 13.5. The van der Waals surface area contributed by atoms with E-state index in [1.807, 2.05) is 44.2 Å². The van der Waals surface area contributed by atoms with Crippen LogP contribution in [0, 0.1) is 0 Å². The van der Waals surface area contributed by atoms with Crippen LogP contribution in [0.4, 0.5) is 11.4 Å². The molecule has 0 aliphatic heterocycles. The largest absolute Gasteiger partial charge is 0.452 e. The van der Waals surface area contributed by atoms with E-state index in [2.05, 4.69) is 0 Å². The molecule has 0 bridgehead atoms. The normalized spacial score (nSPS) is 10.5. The number of halogens is 1. The fourth-order valence-corrected chi connectivity index (χ4v) is 2.39. The number of nitrogen functional groups attached to an aromatic ring is 1. The van der Waals surface area contributed by atoms with Crippen LogP contribution in [-0.2, 0) is 9.53 Å². The van der Waals surface area contributed by atoms with Crippen molar-refractivity contribution in [3.05, 3.63) is 59.1 Å². The number of hydrogen-bond donors (Lipinski definition) is 1. The van der Waals surface area contributed by atoms with Crippen molar-refractivity contribution in [1.29, 1.82) is 0 Å². The molecule has 0 unspecified atom stereocenters. The maximum absolute atomic E-state index is 12.4. The highest BCUT2D eigenvalue weighted by Crippen LogP contribution is 2.20. The Morgan fingerprint density at radius 1 is 1.17 bits per heavy atom. The van der Waals surface area contributed by atoms with Crippen molar-refractivity contribution >= 4 is 34.9 Å². The lowest BCUT2D eigenvalue weighted by atomic mass is 10.2. The number of ether oxygens (including phenoxy) is 1. The van der Waals surface area contributed by atoms with E-state index in [1.165, 1.54) is 18.2 Å². The fraction of sp³-hybridized carbons (Fsp3) is 0.222. The molecule has 2 aromatic rings. The number of benzene rings is 2. The van der Waals surface area contributed by atoms with Crippen LogP contribution in [-0.4, -0.2) is 24.5 Å². The van der Waals surface area contributed by atoms with Gasteiger partial charge in [-0.2, -0.15) is 0 Å². The van der Waals surface area contributed by atoms with E-state index in [-0.39, 0.29) is 29.8 Å². The minimum atomic E-state index is -0.622. The molecule has 0 aromatic heterocycles. The lowest BCUT2D eigenvalue weighted by molar-refractivity contribution is -0.122. The lowest BCUT2D eigenvalue weighted by Crippen LogP contribution is -2.39. The molecule has 24 heavy (non-hydrogen) atoms. The van der Waals surface area contributed by atoms with E-state index in [0.717, 1.165) is 5.69 Å². The lowest BCUT2D eigenvalue weighted by Gasteiger charge is -2.26. The number of anilines is 2. The summed E-state index contributed by atoms with van der Waals surface area (Å²) in [6.07, 6.45) is 0. The Morgan fingerprint density at radius 3 is 2.42 bits per heavy atom. The highest BCUT2D eigenvalue weighted by molar-refractivity contribution is 6.33. The summed E-state index contributed by atoms with van der Waals surface area (Å²) in [5, 5.41) is 0.359. The highest BCUT2D eigenvalue weighted by atomic mass is 35.5. The molecule has 126 valence electrons. The van der Waals surface area contributed by atoms with Crippen molar-refractivity contribution in [3.8, 4) is 0 Å². The number of hydrogen-bond acceptors (Lipinski definition) is 4. The molecular formula is C18H19ClN2O3. The van der Waals surface area contributed by atoms with Crippen molar-refractivity contribution in [2.45, 2.75) is 19.9 Å². The van der Waals surface area contributed by atoms with Gasteiger partial charge in [-0.05, 0) is 44.2 Å². The van der Waals surface area contributed by atoms with Gasteiger partial charge in [0, 0.05) is 11.7 Å². The molecule has 2 rings (SSSR count). The highest BCUT2D eigenvalue weighted by Gasteiger charge is 2.20. The minimum absolute atomic E-state index is 0.0650. The Hall–Kier alpha value is -2.53. The maximum atomic E-state index is 12.4. The fourth-order valence-electron chi connectivity index (χ4n) is 2.27. The smallest absolute Gasteiger partial charge is 0.338 e. The van der Waals surface area contributed by atoms with Crippen molar-refractivity contribution < 1.29 is 14.3 Å². The summed E-state index contributed by atoms with van der Waals surface area (Å²) in [5.41, 5.74) is 6.95. The molecule has 2 N–H and O–H groups in total. The molecule has 1 amide bonds. The van der Waals surface area contributed by atoms with Crippen LogP contribution in [0.1, 0.15) is 24.2 Å². The molecule has 0 radical (unpaired) electrons. The van der Waals surface area contributed by atoms with Gasteiger partial charge in [-0.1, -0.05) is 29.8 Å². The summed E-state index contributed by atoms with van der Waals surface area (Å²) >= 11 is 5.82. The number of amides is 1. The van der Waals surface area contributed by atoms with Gasteiger partial charge in [-0.3, -0.25) is 4.79 Å². The Labute approximate surface area is 146 Å². The number of rotatable bonds is 5. The van der Waals surface area contributed by atoms with Crippen LogP contribution < -0.4 is 10.6 Å². The Bertz CT molecular complexity index is 732. The van der Waals surface area contributed by atoms with Crippen molar-refractivity contribution in [3.63, 3.8) is 0 Å². The Kier molecular flexibility index (Phi) is 5.82. The molecule has 0 aliphatic carbocycles. The van der Waals surface area contributed by atoms with Crippen molar-refractivity contribution in [2.24, 2.45) is 0 Å². The summed E-state index contributed by atoms with van der Waals surface area (Å²) in [6.45, 7) is 3.44. The van der Waals surface area contributed by atoms with E-state index < -0.39 is 5.97 Å². The SMILES string of the molecule is CC(C)N(C(=O)COC(=O)c1ccc(Cl)c(N)c1)c1ccccc1. The van der Waals surface area contributed by atoms with Gasteiger partial charge in [0.05, 0.1) is 16.3 Å². The Morgan fingerprint density at radius 2 is 1.83 bits per heavy atom. The van der Waals surface area contributed by atoms with Gasteiger partial charge in [0.1, 0.15) is 0 Å². The molecule has 0 saturated carbocycles. The summed E-state index contributed by atoms with van der Waals surface area (Å²) in [7, 11) is 0. The van der Waals surface area contributed by atoms with Crippen LogP contribution in [0.25, 0.3) is 0 Å². The number of nitrogens with zero attached hydrogens (tertiary/aromatic N) is 1. The van der Waals surface area contributed by atoms with Crippen molar-refractivity contribution in [2.75, 3.05) is 17.2 Å². The zero-order valence-corrected chi connectivity index (χ0v) is 14.3. The van der Waals surface area contributed by atoms with Crippen LogP contribution in [0.2, 0.25) is 5.02 Å². The first-order valence-corrected chi connectivity index (χ1v) is 7.87. The number of esters is 1. The molecule has 0 spiro atoms. The zero-order chi connectivity index (χ0) is 17.7. The average Bonchev–Trinajstić information content (AvgIpc) is 2.56. The molecular weight excluding hydrogens is 328 g/mol. The van der Waals surface area contributed by atoms with Crippen LogP contribution in [0.3, 0.4) is 0 Å². The Balaban J connectivity index is 2.05. The molecule has 0 saturated heterocycles. The van der Waals surface area contributed by atoms with Gasteiger partial charge < -0.3 is 15.4 Å². The average molecular weight is 347 g/mol. The van der Waals surface area contributed by atoms with Gasteiger partial charge in [0.25, 0.3) is 5.91 Å². The van der Waals surface area contributed by atoms with E-state index in [0.29, 0.717) is 5.02 Å². The molecule has 5 nitrogen and oxygen atoms in total. The van der Waals surface area contributed by atoms with Gasteiger partial charge in [-0.25, -0.2) is 4.79 Å². The van der Waals surface area contributed by atoms with Gasteiger partial charge >= 0.3 is 5.97 Å². The molecule has 0 aliphatic rings. The third kappa shape index (κ3) is 4.26. The van der Waals surface area contributed by atoms with Crippen LogP contribution in [0.15, 0.2) is 48.5 Å². The van der Waals surface area contributed by atoms with E-state index in [9.17, 15) is 9.59 Å². The van der Waals surface area contributed by atoms with E-state index in [1.54, 1.807) is 4.90 Å². The topological polar surface area (TPSA) is 72.6 Å². The minimum Gasteiger partial charge on any atom is -0.452 e. The van der Waals surface area contributed by atoms with Gasteiger partial charge in [0.15, 0.2) is 6.61 Å². The van der Waals surface area contributed by atoms with Gasteiger partial charge in [-0.15, -0.1) is 0 Å². The predicted octanol–water partition coefficient (Wildman–Crippen LogP) is 3.52. The number of carbonyl (C=O) groups is 2. The summed E-state index contributed by atoms with van der Waals surface area (Å²) in [6, 6.07) is 13.6. The second kappa shape index (κ2) is 7.84. The van der Waals surface area contributed by atoms with Crippen LogP contribution >= 0.6 is 11.6 Å². The first-order chi connectivity index (χ1) is 11.4. The van der Waals surface area contributed by atoms with E-state index in [4.69, 9.17) is 22.1 Å². The third-order valence-corrected chi connectivity index (χ3v) is 3.72. The summed E-state index contributed by atoms with van der Waals surface area (Å²) in [5.74, 6) is -0.921. The second-order valence-electron chi connectivity index (χ2n) is 5.51. The molecule has 0 heterocycles. The molecule has 0 atom stereocenters. The van der Waals surface area contributed by atoms with E-state index >= 15 is 0 Å². The monoisotopic (exact) mass is 346 g/mol. The predicted molar refractivity (Wildman–Crippen MR) is 95.2 cm³/mol. The number of carbonyl (C=O) groups excluding carboxylic acids is 2. The molecule has 0 fully saturated rings. The standard InChI is InChI=1S/C18H19ClN2O3/c1-12(2)21(14-6-4-3-5-7-14)17(22)11-24-18(23)13-8-9-15(19)16(20)10-13/h3-10,12H,11,20H2,1-2H3. The summed E-state index contributed by atoms with van der Waals surface area (Å²) in [4.78, 5) is 26.1. The molecule has 6 heteroatoms. The molecule has 2 aromatic carbocycles. The maximum Gasteiger partial charge on any atom is 0.338 e. The first-order valence-electron chi connectivity index (χ1n) is 7.49. The summed E-state index contributed by atoms with van der Waals surface area (Å²) < 4.78 is 5.11. The third-order valence-electron chi connectivity index (χ3n) is 3.38. The quantitative estimate of drug-likeness (QED) is 0.664. The number of nitrogens with two attached hydrogens (primary N) is 1. The van der Waals surface area contributed by atoms with Crippen molar-refractivity contribution in [1.82, 2.24) is 0 Å². The van der Waals surface area contributed by atoms with Gasteiger partial charge in [0.2, 0.25) is 0 Å². The number of para-hydroxylation sites is 1.